The number of fused-ring (bicyclic) bond motifs is 2. The third kappa shape index (κ3) is 6.24. The van der Waals surface area contributed by atoms with Crippen LogP contribution in [0.15, 0.2) is 39.7 Å². The summed E-state index contributed by atoms with van der Waals surface area (Å²) in [6, 6.07) is 5.04. The van der Waals surface area contributed by atoms with Gasteiger partial charge in [-0.3, -0.25) is 9.59 Å². The third-order valence-electron chi connectivity index (χ3n) is 8.52. The van der Waals surface area contributed by atoms with Crippen molar-refractivity contribution in [1.29, 1.82) is 0 Å². The van der Waals surface area contributed by atoms with Crippen molar-refractivity contribution in [2.24, 2.45) is 11.8 Å². The van der Waals surface area contributed by atoms with Gasteiger partial charge >= 0.3 is 5.97 Å². The van der Waals surface area contributed by atoms with Gasteiger partial charge in [-0.25, -0.2) is 4.79 Å². The number of aryl methyl sites for hydroxylation is 1. The van der Waals surface area contributed by atoms with Crippen molar-refractivity contribution in [3.8, 4) is 11.5 Å². The van der Waals surface area contributed by atoms with Crippen LogP contribution in [0.1, 0.15) is 75.6 Å². The first-order valence-electron chi connectivity index (χ1n) is 14.6. The Morgan fingerprint density at radius 2 is 1.60 bits per heavy atom. The van der Waals surface area contributed by atoms with E-state index in [0.29, 0.717) is 53.1 Å². The zero-order valence-corrected chi connectivity index (χ0v) is 25.4. The molecule has 0 aliphatic heterocycles. The average molecular weight is 591 g/mol. The molecular weight excluding hydrogens is 552 g/mol. The molecule has 5 rings (SSSR count). The van der Waals surface area contributed by atoms with E-state index in [4.69, 9.17) is 28.1 Å². The zero-order valence-electron chi connectivity index (χ0n) is 25.4. The fourth-order valence-electron chi connectivity index (χ4n) is 5.85. The van der Waals surface area contributed by atoms with E-state index in [-0.39, 0.29) is 47.0 Å². The Labute approximate surface area is 250 Å². The second-order valence-electron chi connectivity index (χ2n) is 11.5. The maximum Gasteiger partial charge on any atom is 0.339 e. The van der Waals surface area contributed by atoms with Crippen LogP contribution >= 0.6 is 0 Å². The van der Waals surface area contributed by atoms with Gasteiger partial charge in [0.05, 0.1) is 23.1 Å². The second kappa shape index (κ2) is 13.1. The molecule has 1 heterocycles. The molecule has 0 atom stereocenters. The fraction of sp³-hybridized carbons (Fsp3) is 0.441. The van der Waals surface area contributed by atoms with Gasteiger partial charge in [-0.2, -0.15) is 0 Å². The van der Waals surface area contributed by atoms with Gasteiger partial charge in [0.1, 0.15) is 11.8 Å². The lowest BCUT2D eigenvalue weighted by atomic mass is 9.83. The molecule has 0 radical (unpaired) electrons. The van der Waals surface area contributed by atoms with E-state index in [2.05, 4.69) is 6.92 Å². The predicted molar refractivity (Wildman–Crippen MR) is 161 cm³/mol. The van der Waals surface area contributed by atoms with E-state index >= 15 is 0 Å². The second-order valence-corrected chi connectivity index (χ2v) is 11.5. The molecule has 2 aliphatic rings. The van der Waals surface area contributed by atoms with Crippen molar-refractivity contribution in [3.63, 3.8) is 0 Å². The average Bonchev–Trinajstić information content (AvgIpc) is 3.00. The molecule has 9 nitrogen and oxygen atoms in total. The van der Waals surface area contributed by atoms with E-state index in [9.17, 15) is 14.4 Å². The summed E-state index contributed by atoms with van der Waals surface area (Å²) in [5.74, 6) is 0.801. The lowest BCUT2D eigenvalue weighted by Gasteiger charge is -2.25. The summed E-state index contributed by atoms with van der Waals surface area (Å²) in [4.78, 5) is 41.4. The molecule has 0 saturated heterocycles. The van der Waals surface area contributed by atoms with Gasteiger partial charge in [0.2, 0.25) is 5.43 Å². The maximum absolute atomic E-state index is 14.1. The first-order chi connectivity index (χ1) is 20.7. The van der Waals surface area contributed by atoms with Crippen molar-refractivity contribution >= 4 is 28.3 Å². The quantitative estimate of drug-likeness (QED) is 0.202. The molecule has 228 valence electrons. The lowest BCUT2D eigenvalue weighted by molar-refractivity contribution is 0.0321. The number of hydrogen-bond donors (Lipinski definition) is 0. The molecule has 1 saturated carbocycles. The van der Waals surface area contributed by atoms with Crippen LogP contribution in [0.25, 0.3) is 16.5 Å². The highest BCUT2D eigenvalue weighted by atomic mass is 16.7. The number of Topliss-reactive ketones (excluding diaryl/α,β-unsaturated/α-hetero) is 1. The topological polar surface area (TPSA) is 110 Å². The first-order valence-corrected chi connectivity index (χ1v) is 14.6. The summed E-state index contributed by atoms with van der Waals surface area (Å²) in [6.07, 6.45) is 7.63. The largest absolute Gasteiger partial charge is 0.464 e. The molecule has 2 aromatic carbocycles. The number of allylic oxidation sites excluding steroid dienone is 2. The van der Waals surface area contributed by atoms with Crippen molar-refractivity contribution in [2.45, 2.75) is 52.9 Å². The molecule has 9 heteroatoms. The SMILES string of the molecule is COCOc1cc2c(cc1OCOC)C(=O)C(c1coc3cc(C)c(C)c(C(=O)OC[C@H]4CC[C@H](C)CC4)c3c1=O)=CC2. The van der Waals surface area contributed by atoms with Crippen LogP contribution < -0.4 is 14.9 Å². The Balaban J connectivity index is 1.51. The van der Waals surface area contributed by atoms with Crippen LogP contribution in [0.5, 0.6) is 11.5 Å². The van der Waals surface area contributed by atoms with Crippen LogP contribution in [0.3, 0.4) is 0 Å². The maximum atomic E-state index is 14.1. The summed E-state index contributed by atoms with van der Waals surface area (Å²) in [6.45, 7) is 6.17. The predicted octanol–water partition coefficient (Wildman–Crippen LogP) is 6.18. The normalized spacial score (nSPS) is 18.3. The van der Waals surface area contributed by atoms with Crippen LogP contribution in [0.4, 0.5) is 0 Å². The van der Waals surface area contributed by atoms with Crippen LogP contribution in [-0.2, 0) is 20.6 Å². The number of benzene rings is 2. The number of esters is 1. The minimum Gasteiger partial charge on any atom is -0.464 e. The molecule has 3 aromatic rings. The molecule has 0 unspecified atom stereocenters. The van der Waals surface area contributed by atoms with E-state index in [0.717, 1.165) is 31.2 Å². The van der Waals surface area contributed by atoms with Crippen LogP contribution in [0, 0.1) is 25.7 Å². The number of carbonyl (C=O) groups excluding carboxylic acids is 2. The number of ketones is 1. The Morgan fingerprint density at radius 1 is 0.930 bits per heavy atom. The molecule has 0 N–H and O–H groups in total. The van der Waals surface area contributed by atoms with Gasteiger partial charge in [0.15, 0.2) is 30.9 Å². The molecular formula is C34H38O9. The number of methoxy groups -OCH3 is 2. The van der Waals surface area contributed by atoms with Crippen LogP contribution in [0.2, 0.25) is 0 Å². The number of carbonyl (C=O) groups is 2. The fourth-order valence-corrected chi connectivity index (χ4v) is 5.85. The summed E-state index contributed by atoms with van der Waals surface area (Å²) >= 11 is 0. The Kier molecular flexibility index (Phi) is 9.32. The number of hydrogen-bond acceptors (Lipinski definition) is 9. The van der Waals surface area contributed by atoms with Gasteiger partial charge in [0, 0.05) is 25.4 Å². The van der Waals surface area contributed by atoms with Crippen molar-refractivity contribution in [3.05, 3.63) is 74.1 Å². The van der Waals surface area contributed by atoms with E-state index < -0.39 is 11.4 Å². The summed E-state index contributed by atoms with van der Waals surface area (Å²) in [5, 5.41) is 0.120. The third-order valence-corrected chi connectivity index (χ3v) is 8.52. The summed E-state index contributed by atoms with van der Waals surface area (Å²) in [7, 11) is 3.00. The Morgan fingerprint density at radius 3 is 2.28 bits per heavy atom. The van der Waals surface area contributed by atoms with Crippen molar-refractivity contribution in [2.75, 3.05) is 34.4 Å². The van der Waals surface area contributed by atoms with Crippen molar-refractivity contribution in [1.82, 2.24) is 0 Å². The standard InChI is InChI=1S/C34H38O9/c1-19-6-8-22(9-7-19)15-41-34(37)30-21(3)20(2)12-29-31(30)33(36)26(16-40-29)24-11-10-23-13-27(42-17-38-4)28(43-18-39-5)14-25(23)32(24)35/h11-14,16,19,22H,6-10,15,17-18H2,1-5H3/t19-,22-. The first kappa shape index (κ1) is 30.5. The zero-order chi connectivity index (χ0) is 30.7. The molecule has 43 heavy (non-hydrogen) atoms. The Hall–Kier alpha value is -3.95. The number of rotatable bonds is 10. The summed E-state index contributed by atoms with van der Waals surface area (Å²) < 4.78 is 33.0. The van der Waals surface area contributed by atoms with Gasteiger partial charge in [0.25, 0.3) is 0 Å². The number of ether oxygens (including phenoxy) is 5. The van der Waals surface area contributed by atoms with E-state index in [1.54, 1.807) is 31.2 Å². The molecule has 0 amide bonds. The van der Waals surface area contributed by atoms with Gasteiger partial charge in [-0.05, 0) is 79.8 Å². The molecule has 0 bridgehead atoms. The van der Waals surface area contributed by atoms with Gasteiger partial charge in [-0.1, -0.05) is 25.8 Å². The lowest BCUT2D eigenvalue weighted by Crippen LogP contribution is -2.22. The van der Waals surface area contributed by atoms with Crippen molar-refractivity contribution < 1.29 is 37.7 Å². The summed E-state index contributed by atoms with van der Waals surface area (Å²) in [5.41, 5.74) is 2.82. The van der Waals surface area contributed by atoms with E-state index in [1.165, 1.54) is 20.5 Å². The smallest absolute Gasteiger partial charge is 0.339 e. The van der Waals surface area contributed by atoms with Gasteiger partial charge < -0.3 is 28.1 Å². The highest BCUT2D eigenvalue weighted by molar-refractivity contribution is 6.30. The molecule has 1 aromatic heterocycles. The van der Waals surface area contributed by atoms with Crippen LogP contribution in [-0.4, -0.2) is 46.2 Å². The van der Waals surface area contributed by atoms with Gasteiger partial charge in [-0.15, -0.1) is 0 Å². The minimum atomic E-state index is -0.549. The monoisotopic (exact) mass is 590 g/mol. The molecule has 2 aliphatic carbocycles. The molecule has 0 spiro atoms. The molecule has 1 fully saturated rings. The van der Waals surface area contributed by atoms with E-state index in [1.807, 2.05) is 6.92 Å². The highest BCUT2D eigenvalue weighted by Gasteiger charge is 2.29. The Bertz CT molecular complexity index is 1620. The minimum absolute atomic E-state index is 0.00117. The highest BCUT2D eigenvalue weighted by Crippen LogP contribution is 2.37.